The number of hydrogen-bond donors (Lipinski definition) is 1. The number of fused-ring (bicyclic) bond motifs is 2. The summed E-state index contributed by atoms with van der Waals surface area (Å²) in [5, 5.41) is 2.46. The van der Waals surface area contributed by atoms with Crippen molar-refractivity contribution in [2.75, 3.05) is 25.1 Å². The van der Waals surface area contributed by atoms with E-state index in [0.29, 0.717) is 30.1 Å². The Balaban J connectivity index is 1.55. The second-order valence-corrected chi connectivity index (χ2v) is 12.7. The molecule has 39 heavy (non-hydrogen) atoms. The molecule has 1 aromatic carbocycles. The van der Waals surface area contributed by atoms with Gasteiger partial charge >= 0.3 is 6.09 Å². The summed E-state index contributed by atoms with van der Waals surface area (Å²) in [5.74, 6) is -1.17. The Hall–Kier alpha value is -3.08. The monoisotopic (exact) mass is 559 g/mol. The number of hydrogen-bond acceptors (Lipinski definition) is 8. The summed E-state index contributed by atoms with van der Waals surface area (Å²) in [5.41, 5.74) is -0.512. The van der Waals surface area contributed by atoms with Gasteiger partial charge < -0.3 is 24.3 Å². The van der Waals surface area contributed by atoms with Crippen LogP contribution in [0.1, 0.15) is 70.3 Å². The molecule has 3 heterocycles. The number of alkyl carbamates (subject to hydrolysis) is 1. The number of thioether (sulfide) groups is 1. The molecule has 1 N–H and O–H groups in total. The van der Waals surface area contributed by atoms with E-state index in [9.17, 15) is 19.2 Å². The smallest absolute Gasteiger partial charge is 0.407 e. The second kappa shape index (κ2) is 9.83. The number of nitrogens with zero attached hydrogens (tertiary/aromatic N) is 2. The maximum absolute atomic E-state index is 15.8. The molecular weight excluding hydrogens is 525 g/mol. The third-order valence-electron chi connectivity index (χ3n) is 7.52. The quantitative estimate of drug-likeness (QED) is 0.517. The van der Waals surface area contributed by atoms with E-state index < -0.39 is 34.0 Å². The van der Waals surface area contributed by atoms with Crippen LogP contribution in [0.5, 0.6) is 5.75 Å². The highest BCUT2D eigenvalue weighted by atomic mass is 32.2. The first kappa shape index (κ1) is 27.5. The van der Waals surface area contributed by atoms with Gasteiger partial charge in [0.05, 0.1) is 28.6 Å². The summed E-state index contributed by atoms with van der Waals surface area (Å²) in [4.78, 5) is 52.9. The number of benzene rings is 1. The molecule has 3 aliphatic rings. The number of carbonyl (C=O) groups is 3. The molecule has 9 nitrogen and oxygen atoms in total. The molecule has 1 saturated carbocycles. The zero-order valence-corrected chi connectivity index (χ0v) is 23.9. The van der Waals surface area contributed by atoms with E-state index >= 15 is 4.39 Å². The van der Waals surface area contributed by atoms with Crippen LogP contribution in [0.2, 0.25) is 0 Å². The van der Waals surface area contributed by atoms with Crippen LogP contribution in [-0.2, 0) is 9.53 Å². The van der Waals surface area contributed by atoms with Gasteiger partial charge in [-0.2, -0.15) is 0 Å². The van der Waals surface area contributed by atoms with Crippen LogP contribution in [-0.4, -0.2) is 59.3 Å². The number of aromatic nitrogens is 1. The molecule has 2 aliphatic heterocycles. The lowest BCUT2D eigenvalue weighted by molar-refractivity contribution is -0.115. The normalized spacial score (nSPS) is 21.7. The molecule has 0 bridgehead atoms. The number of ether oxygens (including phenoxy) is 2. The molecule has 1 saturated heterocycles. The third-order valence-corrected chi connectivity index (χ3v) is 8.93. The van der Waals surface area contributed by atoms with Gasteiger partial charge in [0.1, 0.15) is 16.5 Å². The largest absolute Gasteiger partial charge is 0.492 e. The summed E-state index contributed by atoms with van der Waals surface area (Å²) in [6, 6.07) is 1.02. The van der Waals surface area contributed by atoms with Crippen LogP contribution in [0.25, 0.3) is 10.9 Å². The van der Waals surface area contributed by atoms with Crippen molar-refractivity contribution in [3.63, 3.8) is 0 Å². The second-order valence-electron chi connectivity index (χ2n) is 11.6. The van der Waals surface area contributed by atoms with Gasteiger partial charge in [0.2, 0.25) is 5.43 Å². The van der Waals surface area contributed by atoms with E-state index in [-0.39, 0.29) is 46.2 Å². The molecule has 1 aliphatic carbocycles. The van der Waals surface area contributed by atoms with E-state index in [1.54, 1.807) is 20.8 Å². The number of halogens is 1. The average Bonchev–Trinajstić information content (AvgIpc) is 3.43. The summed E-state index contributed by atoms with van der Waals surface area (Å²) in [7, 11) is 1.45. The predicted octanol–water partition coefficient (Wildman–Crippen LogP) is 4.47. The van der Waals surface area contributed by atoms with Crippen LogP contribution >= 0.6 is 11.8 Å². The van der Waals surface area contributed by atoms with Gasteiger partial charge in [0.15, 0.2) is 23.1 Å². The number of nitrogens with one attached hydrogen (secondary N) is 1. The van der Waals surface area contributed by atoms with E-state index in [1.807, 2.05) is 16.4 Å². The summed E-state index contributed by atoms with van der Waals surface area (Å²) in [6.45, 7) is 9.64. The molecular formula is C28H34FN3O6S. The van der Waals surface area contributed by atoms with Crippen molar-refractivity contribution in [1.29, 1.82) is 0 Å². The maximum Gasteiger partial charge on any atom is 0.407 e. The Bertz CT molecular complexity index is 1440. The number of methoxy groups -OCH3 is 1. The van der Waals surface area contributed by atoms with Crippen molar-refractivity contribution < 1.29 is 28.2 Å². The minimum Gasteiger partial charge on any atom is -0.492 e. The van der Waals surface area contributed by atoms with Crippen molar-refractivity contribution in [3.8, 4) is 5.75 Å². The van der Waals surface area contributed by atoms with Crippen LogP contribution in [0.4, 0.5) is 14.9 Å². The van der Waals surface area contributed by atoms with Gasteiger partial charge in [0, 0.05) is 25.2 Å². The topological polar surface area (TPSA) is 107 Å². The lowest BCUT2D eigenvalue weighted by Crippen LogP contribution is -2.42. The van der Waals surface area contributed by atoms with Crippen molar-refractivity contribution in [1.82, 2.24) is 9.88 Å². The first-order valence-electron chi connectivity index (χ1n) is 13.3. The van der Waals surface area contributed by atoms with E-state index in [4.69, 9.17) is 9.47 Å². The Morgan fingerprint density at radius 2 is 1.90 bits per heavy atom. The fraction of sp³-hybridized carbons (Fsp3) is 0.571. The van der Waals surface area contributed by atoms with Crippen LogP contribution < -0.4 is 20.4 Å². The summed E-state index contributed by atoms with van der Waals surface area (Å²) in [6.07, 6.45) is 1.90. The van der Waals surface area contributed by atoms with Crippen molar-refractivity contribution in [3.05, 3.63) is 27.7 Å². The number of carbonyl (C=O) groups excluding carboxylic acids is 3. The molecule has 0 radical (unpaired) electrons. The highest BCUT2D eigenvalue weighted by molar-refractivity contribution is 8.02. The minimum atomic E-state index is -0.969. The van der Waals surface area contributed by atoms with Gasteiger partial charge in [-0.25, -0.2) is 9.18 Å². The van der Waals surface area contributed by atoms with Gasteiger partial charge in [-0.3, -0.25) is 14.4 Å². The Labute approximate surface area is 230 Å². The van der Waals surface area contributed by atoms with E-state index in [2.05, 4.69) is 5.32 Å². The predicted molar refractivity (Wildman–Crippen MR) is 147 cm³/mol. The van der Waals surface area contributed by atoms with Crippen LogP contribution in [0.3, 0.4) is 0 Å². The van der Waals surface area contributed by atoms with Gasteiger partial charge in [0.25, 0.3) is 0 Å². The molecule has 0 spiro atoms. The average molecular weight is 560 g/mol. The maximum atomic E-state index is 15.8. The molecule has 1 amide bonds. The number of anilines is 1. The highest BCUT2D eigenvalue weighted by Gasteiger charge is 2.43. The number of Topliss-reactive ketones (excluding diaryl/α,β-unsaturated/α-hetero) is 2. The number of ketones is 2. The SMILES string of the molecule is COc1c(N2CC[C@H]([C@@H](C)NC(=O)OC(C)(C)C)C2)c(F)cc2c(=O)c3c(n(C4CC4)c12)SC(C(C)=O)C3=O. The zero-order chi connectivity index (χ0) is 28.4. The van der Waals surface area contributed by atoms with Crippen molar-refractivity contribution in [2.45, 2.75) is 81.8 Å². The van der Waals surface area contributed by atoms with E-state index in [1.165, 1.54) is 20.1 Å². The number of rotatable bonds is 6. The first-order valence-corrected chi connectivity index (χ1v) is 14.1. The highest BCUT2D eigenvalue weighted by Crippen LogP contribution is 2.49. The fourth-order valence-electron chi connectivity index (χ4n) is 5.55. The fourth-order valence-corrected chi connectivity index (χ4v) is 6.83. The Morgan fingerprint density at radius 1 is 1.21 bits per heavy atom. The molecule has 3 atom stereocenters. The molecule has 210 valence electrons. The van der Waals surface area contributed by atoms with E-state index in [0.717, 1.165) is 24.6 Å². The minimum absolute atomic E-state index is 0.0305. The third kappa shape index (κ3) is 4.90. The van der Waals surface area contributed by atoms with Crippen LogP contribution in [0, 0.1) is 11.7 Å². The van der Waals surface area contributed by atoms with Crippen LogP contribution in [0.15, 0.2) is 15.9 Å². The number of amides is 1. The zero-order valence-electron chi connectivity index (χ0n) is 23.1. The number of pyridine rings is 1. The lowest BCUT2D eigenvalue weighted by atomic mass is 10.0. The standard InChI is InChI=1S/C28H34FN3O6S/c1-13(30-27(36)38-28(3,4)5)15-9-10-31(12-15)21-18(29)11-17-20(24(21)37-6)32(16-7-8-16)26-19(22(17)34)23(35)25(39-26)14(2)33/h11,13,15-16,25H,7-10,12H2,1-6H3,(H,30,36)/t13-,15+,25?/m1/s1. The Morgan fingerprint density at radius 3 is 2.49 bits per heavy atom. The Kier molecular flexibility index (Phi) is 6.93. The summed E-state index contributed by atoms with van der Waals surface area (Å²) >= 11 is 1.10. The van der Waals surface area contributed by atoms with Gasteiger partial charge in [-0.1, -0.05) is 11.8 Å². The van der Waals surface area contributed by atoms with Gasteiger partial charge in [-0.15, -0.1) is 0 Å². The van der Waals surface area contributed by atoms with Crippen molar-refractivity contribution in [2.24, 2.45) is 5.92 Å². The molecule has 1 unspecified atom stereocenters. The lowest BCUT2D eigenvalue weighted by Gasteiger charge is -2.27. The molecule has 2 fully saturated rings. The molecule has 11 heteroatoms. The summed E-state index contributed by atoms with van der Waals surface area (Å²) < 4.78 is 28.9. The van der Waals surface area contributed by atoms with Crippen molar-refractivity contribution >= 4 is 46.0 Å². The van der Waals surface area contributed by atoms with Gasteiger partial charge in [-0.05, 0) is 65.9 Å². The molecule has 1 aromatic heterocycles. The molecule has 5 rings (SSSR count). The first-order chi connectivity index (χ1) is 18.3. The molecule has 2 aromatic rings.